The van der Waals surface area contributed by atoms with E-state index in [-0.39, 0.29) is 9.80 Å². The summed E-state index contributed by atoms with van der Waals surface area (Å²) in [5, 5.41) is 10.7. The fourth-order valence-corrected chi connectivity index (χ4v) is 3.10. The van der Waals surface area contributed by atoms with Crippen molar-refractivity contribution < 1.29 is 13.5 Å². The van der Waals surface area contributed by atoms with E-state index < -0.39 is 15.9 Å². The summed E-state index contributed by atoms with van der Waals surface area (Å²) in [5.74, 6) is 0. The van der Waals surface area contributed by atoms with Crippen LogP contribution in [-0.2, 0) is 9.84 Å². The van der Waals surface area contributed by atoms with Gasteiger partial charge < -0.3 is 5.11 Å². The van der Waals surface area contributed by atoms with E-state index in [0.717, 1.165) is 0 Å². The first-order valence-electron chi connectivity index (χ1n) is 5.85. The van der Waals surface area contributed by atoms with E-state index in [1.54, 1.807) is 42.5 Å². The number of hydrogen-bond donors (Lipinski definition) is 1. The van der Waals surface area contributed by atoms with Crippen LogP contribution in [0.3, 0.4) is 0 Å². The summed E-state index contributed by atoms with van der Waals surface area (Å²) in [4.78, 5) is -0.149. The molecule has 0 aliphatic heterocycles. The standard InChI is InChI=1S/C15H13ClO3S/c1-11(15(17)12-7-9-13(16)10-8-12)20(18,19)14-5-3-2-4-6-14/h2-10,15,17H,1H2. The maximum absolute atomic E-state index is 12.3. The molecule has 2 rings (SSSR count). The van der Waals surface area contributed by atoms with Gasteiger partial charge in [0, 0.05) is 5.02 Å². The molecular weight excluding hydrogens is 296 g/mol. The van der Waals surface area contributed by atoms with Crippen LogP contribution in [0.5, 0.6) is 0 Å². The Bertz CT molecular complexity index is 707. The molecule has 1 unspecified atom stereocenters. The molecule has 1 N–H and O–H groups in total. The molecule has 0 aromatic heterocycles. The number of rotatable bonds is 4. The molecule has 0 spiro atoms. The van der Waals surface area contributed by atoms with Gasteiger partial charge >= 0.3 is 0 Å². The third-order valence-corrected chi connectivity index (χ3v) is 4.95. The summed E-state index contributed by atoms with van der Waals surface area (Å²) >= 11 is 5.76. The Morgan fingerprint density at radius 3 is 2.15 bits per heavy atom. The Labute approximate surface area is 123 Å². The minimum Gasteiger partial charge on any atom is -0.383 e. The average molecular weight is 309 g/mol. The fraction of sp³-hybridized carbons (Fsp3) is 0.0667. The van der Waals surface area contributed by atoms with Crippen molar-refractivity contribution in [2.45, 2.75) is 11.0 Å². The zero-order valence-electron chi connectivity index (χ0n) is 10.5. The van der Waals surface area contributed by atoms with E-state index in [2.05, 4.69) is 6.58 Å². The number of benzene rings is 2. The second kappa shape index (κ2) is 5.79. The predicted molar refractivity (Wildman–Crippen MR) is 79.2 cm³/mol. The molecule has 0 bridgehead atoms. The van der Waals surface area contributed by atoms with Gasteiger partial charge in [0.05, 0.1) is 9.80 Å². The molecule has 0 aliphatic carbocycles. The minimum atomic E-state index is -3.77. The summed E-state index contributed by atoms with van der Waals surface area (Å²) in [5.41, 5.74) is 0.430. The zero-order chi connectivity index (χ0) is 14.8. The molecule has 0 aliphatic rings. The van der Waals surface area contributed by atoms with Crippen LogP contribution in [0.15, 0.2) is 71.0 Å². The Morgan fingerprint density at radius 1 is 1.05 bits per heavy atom. The lowest BCUT2D eigenvalue weighted by Gasteiger charge is -2.14. The summed E-state index contributed by atoms with van der Waals surface area (Å²) in [6.45, 7) is 3.53. The monoisotopic (exact) mass is 308 g/mol. The third kappa shape index (κ3) is 2.93. The van der Waals surface area contributed by atoms with Gasteiger partial charge in [0.2, 0.25) is 9.84 Å². The zero-order valence-corrected chi connectivity index (χ0v) is 12.1. The van der Waals surface area contributed by atoms with E-state index in [9.17, 15) is 13.5 Å². The maximum atomic E-state index is 12.3. The highest BCUT2D eigenvalue weighted by atomic mass is 35.5. The topological polar surface area (TPSA) is 54.4 Å². The summed E-state index contributed by atoms with van der Waals surface area (Å²) in [6, 6.07) is 14.2. The van der Waals surface area contributed by atoms with Crippen LogP contribution in [0, 0.1) is 0 Å². The van der Waals surface area contributed by atoms with Crippen molar-refractivity contribution in [2.75, 3.05) is 0 Å². The Hall–Kier alpha value is -1.62. The Morgan fingerprint density at radius 2 is 1.60 bits per heavy atom. The summed E-state index contributed by atoms with van der Waals surface area (Å²) < 4.78 is 24.7. The first kappa shape index (κ1) is 14.8. The van der Waals surface area contributed by atoms with Crippen molar-refractivity contribution >= 4 is 21.4 Å². The Balaban J connectivity index is 2.34. The van der Waals surface area contributed by atoms with Gasteiger partial charge in [-0.15, -0.1) is 0 Å². The van der Waals surface area contributed by atoms with Crippen LogP contribution >= 0.6 is 11.6 Å². The van der Waals surface area contributed by atoms with E-state index in [0.29, 0.717) is 10.6 Å². The number of halogens is 1. The largest absolute Gasteiger partial charge is 0.383 e. The highest BCUT2D eigenvalue weighted by molar-refractivity contribution is 7.95. The first-order chi connectivity index (χ1) is 9.43. The van der Waals surface area contributed by atoms with Crippen LogP contribution in [0.1, 0.15) is 11.7 Å². The lowest BCUT2D eigenvalue weighted by atomic mass is 10.1. The molecule has 0 saturated heterocycles. The van der Waals surface area contributed by atoms with Gasteiger partial charge in [0.25, 0.3) is 0 Å². The molecule has 0 saturated carbocycles. The SMILES string of the molecule is C=C(C(O)c1ccc(Cl)cc1)S(=O)(=O)c1ccccc1. The third-order valence-electron chi connectivity index (χ3n) is 2.89. The highest BCUT2D eigenvalue weighted by Crippen LogP contribution is 2.29. The summed E-state index contributed by atoms with van der Waals surface area (Å²) in [7, 11) is -3.77. The van der Waals surface area contributed by atoms with Crippen LogP contribution in [-0.4, -0.2) is 13.5 Å². The molecule has 2 aromatic carbocycles. The molecule has 0 amide bonds. The molecule has 5 heteroatoms. The van der Waals surface area contributed by atoms with Crippen molar-refractivity contribution in [2.24, 2.45) is 0 Å². The van der Waals surface area contributed by atoms with Gasteiger partial charge in [-0.1, -0.05) is 48.5 Å². The first-order valence-corrected chi connectivity index (χ1v) is 7.71. The number of aliphatic hydroxyl groups is 1. The molecular formula is C15H13ClO3S. The second-order valence-electron chi connectivity index (χ2n) is 4.24. The van der Waals surface area contributed by atoms with Crippen molar-refractivity contribution in [1.82, 2.24) is 0 Å². The average Bonchev–Trinajstić information content (AvgIpc) is 2.47. The van der Waals surface area contributed by atoms with Crippen molar-refractivity contribution in [3.8, 4) is 0 Å². The quantitative estimate of drug-likeness (QED) is 0.942. The summed E-state index contributed by atoms with van der Waals surface area (Å²) in [6.07, 6.45) is -1.29. The van der Waals surface area contributed by atoms with E-state index in [4.69, 9.17) is 11.6 Å². The highest BCUT2D eigenvalue weighted by Gasteiger charge is 2.25. The van der Waals surface area contributed by atoms with Crippen molar-refractivity contribution in [1.29, 1.82) is 0 Å². The predicted octanol–water partition coefficient (Wildman–Crippen LogP) is 3.36. The number of sulfone groups is 1. The van der Waals surface area contributed by atoms with Gasteiger partial charge in [0.1, 0.15) is 6.10 Å². The smallest absolute Gasteiger partial charge is 0.205 e. The molecule has 0 heterocycles. The van der Waals surface area contributed by atoms with Crippen molar-refractivity contribution in [3.05, 3.63) is 76.7 Å². The van der Waals surface area contributed by atoms with Crippen LogP contribution in [0.2, 0.25) is 5.02 Å². The van der Waals surface area contributed by atoms with Crippen LogP contribution < -0.4 is 0 Å². The molecule has 0 fully saturated rings. The maximum Gasteiger partial charge on any atom is 0.205 e. The van der Waals surface area contributed by atoms with Crippen molar-refractivity contribution in [3.63, 3.8) is 0 Å². The minimum absolute atomic E-state index is 0.109. The van der Waals surface area contributed by atoms with Gasteiger partial charge in [-0.25, -0.2) is 8.42 Å². The fourth-order valence-electron chi connectivity index (χ4n) is 1.73. The molecule has 0 radical (unpaired) electrons. The Kier molecular flexibility index (Phi) is 4.28. The van der Waals surface area contributed by atoms with Gasteiger partial charge in [-0.3, -0.25) is 0 Å². The molecule has 20 heavy (non-hydrogen) atoms. The van der Waals surface area contributed by atoms with E-state index in [1.165, 1.54) is 12.1 Å². The van der Waals surface area contributed by atoms with Crippen LogP contribution in [0.25, 0.3) is 0 Å². The number of aliphatic hydroxyl groups excluding tert-OH is 1. The molecule has 2 aromatic rings. The molecule has 1 atom stereocenters. The van der Waals surface area contributed by atoms with Gasteiger partial charge in [-0.2, -0.15) is 0 Å². The normalized spacial score (nSPS) is 12.9. The molecule has 3 nitrogen and oxygen atoms in total. The van der Waals surface area contributed by atoms with E-state index >= 15 is 0 Å². The lowest BCUT2D eigenvalue weighted by molar-refractivity contribution is 0.223. The number of hydrogen-bond acceptors (Lipinski definition) is 3. The van der Waals surface area contributed by atoms with Crippen LogP contribution in [0.4, 0.5) is 0 Å². The van der Waals surface area contributed by atoms with Gasteiger partial charge in [-0.05, 0) is 29.8 Å². The second-order valence-corrected chi connectivity index (χ2v) is 6.68. The van der Waals surface area contributed by atoms with Gasteiger partial charge in [0.15, 0.2) is 0 Å². The van der Waals surface area contributed by atoms with E-state index in [1.807, 2.05) is 0 Å². The lowest BCUT2D eigenvalue weighted by Crippen LogP contribution is -2.11. The molecule has 104 valence electrons.